The lowest BCUT2D eigenvalue weighted by Crippen LogP contribution is -2.11. The number of hydrogen-bond donors (Lipinski definition) is 0. The summed E-state index contributed by atoms with van der Waals surface area (Å²) in [4.78, 5) is 0.204. The van der Waals surface area contributed by atoms with Crippen LogP contribution in [0.25, 0.3) is 0 Å². The molecule has 5 heteroatoms. The molecule has 3 nitrogen and oxygen atoms in total. The van der Waals surface area contributed by atoms with Crippen LogP contribution in [-0.2, 0) is 14.3 Å². The molecule has 1 aromatic heterocycles. The zero-order valence-corrected chi connectivity index (χ0v) is 12.5. The minimum Gasteiger partial charge on any atom is -0.266 e. The number of hydrogen-bond acceptors (Lipinski definition) is 4. The van der Waals surface area contributed by atoms with Crippen molar-refractivity contribution in [3.63, 3.8) is 0 Å². The van der Waals surface area contributed by atoms with Crippen molar-refractivity contribution in [2.75, 3.05) is 6.61 Å². The zero-order chi connectivity index (χ0) is 13.9. The highest BCUT2D eigenvalue weighted by Crippen LogP contribution is 2.21. The second-order valence-electron chi connectivity index (χ2n) is 4.51. The van der Waals surface area contributed by atoms with E-state index >= 15 is 0 Å². The number of thiophene rings is 1. The summed E-state index contributed by atoms with van der Waals surface area (Å²) in [6, 6.07) is 8.65. The first-order valence-electron chi connectivity index (χ1n) is 5.97. The molecule has 0 aliphatic carbocycles. The quantitative estimate of drug-likeness (QED) is 0.792. The molecule has 0 aliphatic rings. The lowest BCUT2D eigenvalue weighted by atomic mass is 10.1. The Morgan fingerprint density at radius 3 is 2.47 bits per heavy atom. The lowest BCUT2D eigenvalue weighted by molar-refractivity contribution is 0.298. The molecule has 0 radical (unpaired) electrons. The Labute approximate surface area is 118 Å². The molecule has 0 bridgehead atoms. The molecule has 0 saturated heterocycles. The molecule has 19 heavy (non-hydrogen) atoms. The Kier molecular flexibility index (Phi) is 4.39. The third-order valence-electron chi connectivity index (χ3n) is 2.90. The van der Waals surface area contributed by atoms with Crippen LogP contribution in [-0.4, -0.2) is 15.0 Å². The monoisotopic (exact) mass is 296 g/mol. The molecule has 0 spiro atoms. The summed E-state index contributed by atoms with van der Waals surface area (Å²) >= 11 is 1.59. The van der Waals surface area contributed by atoms with Crippen LogP contribution in [0.2, 0.25) is 0 Å². The summed E-state index contributed by atoms with van der Waals surface area (Å²) in [5.41, 5.74) is 2.12. The maximum atomic E-state index is 12.0. The molecule has 0 fully saturated rings. The van der Waals surface area contributed by atoms with E-state index < -0.39 is 10.1 Å². The minimum absolute atomic E-state index is 0.0615. The number of benzene rings is 1. The SMILES string of the molecule is Cc1ccc(S(=O)(=O)OCC(C)c2ccsc2)cc1. The van der Waals surface area contributed by atoms with Crippen LogP contribution in [0.1, 0.15) is 24.0 Å². The molecule has 1 atom stereocenters. The largest absolute Gasteiger partial charge is 0.296 e. The van der Waals surface area contributed by atoms with Gasteiger partial charge in [0, 0.05) is 5.92 Å². The summed E-state index contributed by atoms with van der Waals surface area (Å²) in [5.74, 6) is 0.0615. The summed E-state index contributed by atoms with van der Waals surface area (Å²) < 4.78 is 29.1. The fraction of sp³-hybridized carbons (Fsp3) is 0.286. The van der Waals surface area contributed by atoms with Gasteiger partial charge >= 0.3 is 0 Å². The van der Waals surface area contributed by atoms with Gasteiger partial charge in [-0.3, -0.25) is 4.18 Å². The van der Waals surface area contributed by atoms with Gasteiger partial charge < -0.3 is 0 Å². The number of aryl methyl sites for hydroxylation is 1. The Morgan fingerprint density at radius 1 is 1.21 bits per heavy atom. The van der Waals surface area contributed by atoms with Crippen molar-refractivity contribution < 1.29 is 12.6 Å². The maximum absolute atomic E-state index is 12.0. The summed E-state index contributed by atoms with van der Waals surface area (Å²) in [6.45, 7) is 4.02. The van der Waals surface area contributed by atoms with Crippen LogP contribution in [0.15, 0.2) is 46.0 Å². The van der Waals surface area contributed by atoms with Gasteiger partial charge in [-0.25, -0.2) is 0 Å². The molecule has 0 aliphatic heterocycles. The predicted molar refractivity (Wildman–Crippen MR) is 77.1 cm³/mol. The Morgan fingerprint density at radius 2 is 1.89 bits per heavy atom. The van der Waals surface area contributed by atoms with E-state index in [9.17, 15) is 8.42 Å². The van der Waals surface area contributed by atoms with E-state index in [0.29, 0.717) is 0 Å². The van der Waals surface area contributed by atoms with Gasteiger partial charge in [0.15, 0.2) is 0 Å². The van der Waals surface area contributed by atoms with Crippen LogP contribution in [0.3, 0.4) is 0 Å². The molecule has 0 N–H and O–H groups in total. The predicted octanol–water partition coefficient (Wildman–Crippen LogP) is 3.57. The van der Waals surface area contributed by atoms with Crippen molar-refractivity contribution in [1.82, 2.24) is 0 Å². The third-order valence-corrected chi connectivity index (χ3v) is 4.89. The topological polar surface area (TPSA) is 43.4 Å². The third kappa shape index (κ3) is 3.65. The molecule has 0 amide bonds. The average molecular weight is 296 g/mol. The van der Waals surface area contributed by atoms with Crippen LogP contribution in [0.4, 0.5) is 0 Å². The first kappa shape index (κ1) is 14.2. The fourth-order valence-electron chi connectivity index (χ4n) is 1.62. The van der Waals surface area contributed by atoms with E-state index in [1.807, 2.05) is 30.7 Å². The normalized spacial score (nSPS) is 13.4. The molecule has 102 valence electrons. The van der Waals surface area contributed by atoms with E-state index in [1.165, 1.54) is 0 Å². The van der Waals surface area contributed by atoms with Gasteiger partial charge in [-0.15, -0.1) is 0 Å². The Bertz CT molecular complexity index is 613. The lowest BCUT2D eigenvalue weighted by Gasteiger charge is -2.11. The average Bonchev–Trinajstić information content (AvgIpc) is 2.90. The Hall–Kier alpha value is -1.17. The Balaban J connectivity index is 2.04. The van der Waals surface area contributed by atoms with Crippen molar-refractivity contribution in [2.24, 2.45) is 0 Å². The molecule has 1 heterocycles. The smallest absolute Gasteiger partial charge is 0.266 e. The second-order valence-corrected chi connectivity index (χ2v) is 6.90. The minimum atomic E-state index is -3.66. The van der Waals surface area contributed by atoms with E-state index in [-0.39, 0.29) is 17.4 Å². The summed E-state index contributed by atoms with van der Waals surface area (Å²) in [7, 11) is -3.66. The van der Waals surface area contributed by atoms with Crippen LogP contribution in [0.5, 0.6) is 0 Å². The van der Waals surface area contributed by atoms with E-state index in [1.54, 1.807) is 35.6 Å². The van der Waals surface area contributed by atoms with E-state index in [0.717, 1.165) is 11.1 Å². The van der Waals surface area contributed by atoms with Gasteiger partial charge in [-0.1, -0.05) is 24.6 Å². The second kappa shape index (κ2) is 5.86. The molecule has 2 rings (SSSR count). The van der Waals surface area contributed by atoms with Gasteiger partial charge in [0.05, 0.1) is 11.5 Å². The van der Waals surface area contributed by atoms with Gasteiger partial charge in [0.2, 0.25) is 0 Å². The van der Waals surface area contributed by atoms with E-state index in [2.05, 4.69) is 0 Å². The van der Waals surface area contributed by atoms with Gasteiger partial charge in [0.1, 0.15) is 0 Å². The van der Waals surface area contributed by atoms with E-state index in [4.69, 9.17) is 4.18 Å². The first-order valence-corrected chi connectivity index (χ1v) is 8.32. The molecule has 0 saturated carbocycles. The van der Waals surface area contributed by atoms with Crippen molar-refractivity contribution in [3.05, 3.63) is 52.2 Å². The van der Waals surface area contributed by atoms with Crippen molar-refractivity contribution >= 4 is 21.5 Å². The van der Waals surface area contributed by atoms with Gasteiger partial charge in [-0.2, -0.15) is 19.8 Å². The summed E-state index contributed by atoms with van der Waals surface area (Å²) in [6.07, 6.45) is 0. The molecular weight excluding hydrogens is 280 g/mol. The molecule has 1 aromatic carbocycles. The molecule has 2 aromatic rings. The molecular formula is C14H16O3S2. The van der Waals surface area contributed by atoms with Crippen LogP contribution in [0, 0.1) is 6.92 Å². The molecule has 1 unspecified atom stereocenters. The van der Waals surface area contributed by atoms with Crippen LogP contribution < -0.4 is 0 Å². The summed E-state index contributed by atoms with van der Waals surface area (Å²) in [5, 5.41) is 3.98. The van der Waals surface area contributed by atoms with Crippen molar-refractivity contribution in [1.29, 1.82) is 0 Å². The first-order chi connectivity index (χ1) is 8.99. The zero-order valence-electron chi connectivity index (χ0n) is 10.9. The highest BCUT2D eigenvalue weighted by molar-refractivity contribution is 7.86. The van der Waals surface area contributed by atoms with Gasteiger partial charge in [-0.05, 0) is 41.4 Å². The maximum Gasteiger partial charge on any atom is 0.296 e. The number of rotatable bonds is 5. The highest BCUT2D eigenvalue weighted by Gasteiger charge is 2.17. The highest BCUT2D eigenvalue weighted by atomic mass is 32.2. The van der Waals surface area contributed by atoms with Crippen molar-refractivity contribution in [3.8, 4) is 0 Å². The van der Waals surface area contributed by atoms with Crippen LogP contribution >= 0.6 is 11.3 Å². The fourth-order valence-corrected chi connectivity index (χ4v) is 3.39. The standard InChI is InChI=1S/C14H16O3S2/c1-11-3-5-14(6-4-11)19(15,16)17-9-12(2)13-7-8-18-10-13/h3-8,10,12H,9H2,1-2H3. The van der Waals surface area contributed by atoms with Gasteiger partial charge in [0.25, 0.3) is 10.1 Å². The van der Waals surface area contributed by atoms with Crippen molar-refractivity contribution in [2.45, 2.75) is 24.7 Å².